The number of carbonyl (C=O) groups excluding carboxylic acids is 1. The molecule has 0 radical (unpaired) electrons. The van der Waals surface area contributed by atoms with Crippen LogP contribution in [0.1, 0.15) is 59.8 Å². The molecule has 144 valence electrons. The highest BCUT2D eigenvalue weighted by atomic mass is 32.2. The Morgan fingerprint density at radius 2 is 1.92 bits per heavy atom. The van der Waals surface area contributed by atoms with Gasteiger partial charge in [0.05, 0.1) is 0 Å². The summed E-state index contributed by atoms with van der Waals surface area (Å²) in [5, 5.41) is 7.31. The highest BCUT2D eigenvalue weighted by Gasteiger charge is 2.33. The van der Waals surface area contributed by atoms with Gasteiger partial charge in [-0.05, 0) is 52.2 Å². The first-order valence-electron chi connectivity index (χ1n) is 9.46. The molecule has 0 aliphatic carbocycles. The van der Waals surface area contributed by atoms with Crippen molar-refractivity contribution in [2.24, 2.45) is 11.8 Å². The largest absolute Gasteiger partial charge is 0.319 e. The van der Waals surface area contributed by atoms with Crippen molar-refractivity contribution in [2.45, 2.75) is 71.1 Å². The summed E-state index contributed by atoms with van der Waals surface area (Å²) in [6.45, 7) is 13.0. The van der Waals surface area contributed by atoms with Gasteiger partial charge in [-0.2, -0.15) is 11.8 Å². The lowest BCUT2D eigenvalue weighted by molar-refractivity contribution is -0.107. The molecule has 0 aromatic rings. The molecule has 3 atom stereocenters. The summed E-state index contributed by atoms with van der Waals surface area (Å²) in [5.74, 6) is 2.87. The number of hydrogen-bond acceptors (Lipinski definition) is 4. The zero-order valence-electron chi connectivity index (χ0n) is 16.9. The molecule has 0 aromatic carbocycles. The molecule has 1 unspecified atom stereocenters. The van der Waals surface area contributed by atoms with Gasteiger partial charge in [-0.3, -0.25) is 0 Å². The Morgan fingerprint density at radius 1 is 1.29 bits per heavy atom. The van der Waals surface area contributed by atoms with Gasteiger partial charge in [0.15, 0.2) is 0 Å². The van der Waals surface area contributed by atoms with E-state index < -0.39 is 0 Å². The maximum Gasteiger partial charge on any atom is 0.119 e. The molecular weight excluding hydrogens is 316 g/mol. The van der Waals surface area contributed by atoms with Gasteiger partial charge in [-0.25, -0.2) is 0 Å². The second-order valence-electron chi connectivity index (χ2n) is 6.65. The first-order chi connectivity index (χ1) is 11.5. The Labute approximate surface area is 155 Å². The van der Waals surface area contributed by atoms with Gasteiger partial charge in [0.25, 0.3) is 0 Å². The fourth-order valence-corrected chi connectivity index (χ4v) is 4.69. The Morgan fingerprint density at radius 3 is 2.29 bits per heavy atom. The van der Waals surface area contributed by atoms with Crippen LogP contribution in [-0.4, -0.2) is 44.0 Å². The number of thioether (sulfide) groups is 1. The van der Waals surface area contributed by atoms with Gasteiger partial charge in [-0.15, -0.1) is 6.58 Å². The van der Waals surface area contributed by atoms with Gasteiger partial charge >= 0.3 is 0 Å². The Hall–Kier alpha value is -0.320. The Kier molecular flexibility index (Phi) is 20.5. The second-order valence-corrected chi connectivity index (χ2v) is 7.92. The molecule has 1 fully saturated rings. The maximum absolute atomic E-state index is 10.2. The van der Waals surface area contributed by atoms with E-state index in [1.165, 1.54) is 25.0 Å². The number of carbonyl (C=O) groups is 1. The zero-order chi connectivity index (χ0) is 18.8. The topological polar surface area (TPSA) is 41.1 Å². The normalized spacial score (nSPS) is 22.2. The molecule has 0 amide bonds. The molecule has 0 spiro atoms. The van der Waals surface area contributed by atoms with Gasteiger partial charge in [0.2, 0.25) is 0 Å². The van der Waals surface area contributed by atoms with E-state index in [2.05, 4.69) is 56.8 Å². The first kappa shape index (κ1) is 25.9. The summed E-state index contributed by atoms with van der Waals surface area (Å²) in [6, 6.07) is 0.705. The van der Waals surface area contributed by atoms with E-state index in [0.29, 0.717) is 6.04 Å². The van der Waals surface area contributed by atoms with Gasteiger partial charge < -0.3 is 15.4 Å². The summed E-state index contributed by atoms with van der Waals surface area (Å²) < 4.78 is 0. The summed E-state index contributed by atoms with van der Waals surface area (Å²) in [5.41, 5.74) is 0. The number of aldehydes is 1. The Bertz CT molecular complexity index is 285. The maximum atomic E-state index is 10.2. The molecule has 1 aliphatic heterocycles. The fourth-order valence-electron chi connectivity index (χ4n) is 2.86. The van der Waals surface area contributed by atoms with E-state index in [0.717, 1.165) is 42.8 Å². The second kappa shape index (κ2) is 19.0. The summed E-state index contributed by atoms with van der Waals surface area (Å²) in [7, 11) is 4.04. The van der Waals surface area contributed by atoms with Crippen LogP contribution in [0.2, 0.25) is 0 Å². The summed E-state index contributed by atoms with van der Waals surface area (Å²) in [4.78, 5) is 10.2. The molecule has 1 heterocycles. The first-order valence-corrected chi connectivity index (χ1v) is 10.5. The van der Waals surface area contributed by atoms with E-state index >= 15 is 0 Å². The van der Waals surface area contributed by atoms with Crippen LogP contribution in [0.25, 0.3) is 0 Å². The van der Waals surface area contributed by atoms with Gasteiger partial charge in [-0.1, -0.05) is 39.7 Å². The van der Waals surface area contributed by atoms with Crippen molar-refractivity contribution in [3.8, 4) is 0 Å². The van der Waals surface area contributed by atoms with E-state index in [1.54, 1.807) is 6.08 Å². The van der Waals surface area contributed by atoms with E-state index in [4.69, 9.17) is 0 Å². The average molecular weight is 359 g/mol. The van der Waals surface area contributed by atoms with Crippen LogP contribution in [0, 0.1) is 11.8 Å². The van der Waals surface area contributed by atoms with Crippen molar-refractivity contribution in [1.82, 2.24) is 10.6 Å². The fraction of sp³-hybridized carbons (Fsp3) is 0.850. The van der Waals surface area contributed by atoms with Crippen LogP contribution in [0.3, 0.4) is 0 Å². The van der Waals surface area contributed by atoms with E-state index in [1.807, 2.05) is 14.0 Å². The molecule has 1 rings (SSSR count). The number of allylic oxidation sites excluding steroid dienone is 1. The Balaban J connectivity index is 0. The number of hydrogen-bond donors (Lipinski definition) is 2. The number of nitrogens with one attached hydrogen (secondary N) is 2. The van der Waals surface area contributed by atoms with Crippen LogP contribution < -0.4 is 10.6 Å². The van der Waals surface area contributed by atoms with Crippen molar-refractivity contribution in [3.05, 3.63) is 12.7 Å². The van der Waals surface area contributed by atoms with Crippen molar-refractivity contribution in [2.75, 3.05) is 26.4 Å². The molecular formula is C20H42N2OS. The zero-order valence-corrected chi connectivity index (χ0v) is 17.8. The smallest absolute Gasteiger partial charge is 0.119 e. The average Bonchev–Trinajstić information content (AvgIpc) is 2.94. The number of rotatable bonds is 9. The van der Waals surface area contributed by atoms with Crippen molar-refractivity contribution < 1.29 is 4.79 Å². The molecule has 0 bridgehead atoms. The van der Waals surface area contributed by atoms with Crippen LogP contribution in [0.15, 0.2) is 12.7 Å². The van der Waals surface area contributed by atoms with Crippen LogP contribution in [-0.2, 0) is 4.79 Å². The predicted molar refractivity (Wildman–Crippen MR) is 112 cm³/mol. The SMILES string of the molecule is C=CC.CC[C@@H]1C(CCCCC=O)SC[C@@H]1NC.CNCC(C)C. The lowest BCUT2D eigenvalue weighted by Crippen LogP contribution is -2.34. The lowest BCUT2D eigenvalue weighted by Gasteiger charge is -2.22. The van der Waals surface area contributed by atoms with E-state index in [-0.39, 0.29) is 0 Å². The van der Waals surface area contributed by atoms with E-state index in [9.17, 15) is 4.79 Å². The minimum Gasteiger partial charge on any atom is -0.319 e. The third-order valence-electron chi connectivity index (χ3n) is 4.00. The van der Waals surface area contributed by atoms with Crippen LogP contribution in [0.5, 0.6) is 0 Å². The minimum absolute atomic E-state index is 0.705. The summed E-state index contributed by atoms with van der Waals surface area (Å²) >= 11 is 2.11. The molecule has 0 saturated carbocycles. The predicted octanol–water partition coefficient (Wildman–Crippen LogP) is 4.53. The minimum atomic E-state index is 0.705. The van der Waals surface area contributed by atoms with Crippen molar-refractivity contribution >= 4 is 18.0 Å². The van der Waals surface area contributed by atoms with Crippen LogP contribution >= 0.6 is 11.8 Å². The summed E-state index contributed by atoms with van der Waals surface area (Å²) in [6.07, 6.45) is 8.37. The standard InChI is InChI=1S/C12H23NOS.C5H13N.C3H6/c1-3-10-11(13-2)9-15-12(10)7-5-4-6-8-14;1-5(2)4-6-3;1-3-2/h8,10-13H,3-7,9H2,1-2H3;5-6H,4H2,1-3H3;3H,1H2,2H3/t10-,11-,12?;;/m0../s1. The highest BCUT2D eigenvalue weighted by Crippen LogP contribution is 2.37. The molecule has 3 nitrogen and oxygen atoms in total. The lowest BCUT2D eigenvalue weighted by atomic mass is 9.92. The molecule has 0 aromatic heterocycles. The number of unbranched alkanes of at least 4 members (excludes halogenated alkanes) is 2. The molecule has 2 N–H and O–H groups in total. The molecule has 24 heavy (non-hydrogen) atoms. The third kappa shape index (κ3) is 14.1. The van der Waals surface area contributed by atoms with Gasteiger partial charge in [0, 0.05) is 23.5 Å². The highest BCUT2D eigenvalue weighted by molar-refractivity contribution is 8.00. The third-order valence-corrected chi connectivity index (χ3v) is 5.56. The van der Waals surface area contributed by atoms with Crippen molar-refractivity contribution in [3.63, 3.8) is 0 Å². The quantitative estimate of drug-likeness (QED) is 0.361. The molecule has 4 heteroatoms. The molecule has 1 saturated heterocycles. The van der Waals surface area contributed by atoms with Crippen molar-refractivity contribution in [1.29, 1.82) is 0 Å². The van der Waals surface area contributed by atoms with Gasteiger partial charge in [0.1, 0.15) is 6.29 Å². The van der Waals surface area contributed by atoms with Crippen LogP contribution in [0.4, 0.5) is 0 Å². The monoisotopic (exact) mass is 358 g/mol. The molecule has 1 aliphatic rings.